The number of nitrogens with zero attached hydrogens (tertiary/aromatic N) is 4. The summed E-state index contributed by atoms with van der Waals surface area (Å²) in [7, 11) is 0. The zero-order valence-electron chi connectivity index (χ0n) is 30.5. The van der Waals surface area contributed by atoms with Crippen molar-refractivity contribution >= 4 is 93.3 Å². The molecule has 3 aromatic heterocycles. The third-order valence-electron chi connectivity index (χ3n) is 11.9. The molecule has 0 aliphatic carbocycles. The minimum atomic E-state index is 0.637. The van der Waals surface area contributed by atoms with E-state index in [2.05, 4.69) is 173 Å². The van der Waals surface area contributed by atoms with Crippen molar-refractivity contribution in [2.45, 2.75) is 0 Å². The third kappa shape index (κ3) is 4.23. The molecule has 0 saturated heterocycles. The molecule has 0 spiro atoms. The van der Waals surface area contributed by atoms with Crippen LogP contribution in [-0.4, -0.2) is 14.5 Å². The van der Waals surface area contributed by atoms with Crippen molar-refractivity contribution in [1.82, 2.24) is 14.5 Å². The molecule has 5 heteroatoms. The first-order chi connectivity index (χ1) is 28.3. The van der Waals surface area contributed by atoms with Gasteiger partial charge < -0.3 is 9.32 Å². The van der Waals surface area contributed by atoms with Gasteiger partial charge >= 0.3 is 0 Å². The Morgan fingerprint density at radius 1 is 0.439 bits per heavy atom. The summed E-state index contributed by atoms with van der Waals surface area (Å²) in [5.74, 6) is 1.35. The zero-order chi connectivity index (χ0) is 37.2. The second-order valence-electron chi connectivity index (χ2n) is 14.9. The van der Waals surface area contributed by atoms with Gasteiger partial charge in [-0.25, -0.2) is 9.97 Å². The molecule has 1 aliphatic heterocycles. The highest BCUT2D eigenvalue weighted by Gasteiger charge is 2.29. The highest BCUT2D eigenvalue weighted by molar-refractivity contribution is 6.20. The standard InChI is InChI=1S/C52H30N4O/c1-4-18-36-31(13-1)27-28-45-48(36)40-22-11-15-32-16-12-25-44(47(32)40)55(45)34-29-33-14-2-3-17-35(33)41(30-34)51-53-49-39-21-7-10-26-46(39)57-50(49)52(54-51)56-42-23-8-5-19-37(42)38-20-6-9-24-43(38)56/h1-30H. The maximum absolute atomic E-state index is 6.69. The molecular weight excluding hydrogens is 697 g/mol. The summed E-state index contributed by atoms with van der Waals surface area (Å²) < 4.78 is 8.93. The highest BCUT2D eigenvalue weighted by Crippen LogP contribution is 2.54. The Bertz CT molecular complexity index is 3610. The van der Waals surface area contributed by atoms with E-state index in [1.807, 2.05) is 18.2 Å². The van der Waals surface area contributed by atoms with E-state index in [1.54, 1.807) is 0 Å². The normalized spacial score (nSPS) is 12.5. The lowest BCUT2D eigenvalue weighted by atomic mass is 9.87. The first kappa shape index (κ1) is 30.6. The van der Waals surface area contributed by atoms with Crippen LogP contribution < -0.4 is 4.90 Å². The monoisotopic (exact) mass is 726 g/mol. The molecule has 0 radical (unpaired) electrons. The minimum absolute atomic E-state index is 0.637. The Hall–Kier alpha value is -7.76. The van der Waals surface area contributed by atoms with Crippen molar-refractivity contribution in [3.63, 3.8) is 0 Å². The summed E-state index contributed by atoms with van der Waals surface area (Å²) in [6.45, 7) is 0. The van der Waals surface area contributed by atoms with Crippen molar-refractivity contribution in [3.05, 3.63) is 182 Å². The van der Waals surface area contributed by atoms with Gasteiger partial charge in [0.1, 0.15) is 11.1 Å². The molecule has 5 nitrogen and oxygen atoms in total. The van der Waals surface area contributed by atoms with Crippen LogP contribution >= 0.6 is 0 Å². The van der Waals surface area contributed by atoms with Crippen LogP contribution in [0.3, 0.4) is 0 Å². The summed E-state index contributed by atoms with van der Waals surface area (Å²) in [6.07, 6.45) is 0. The maximum atomic E-state index is 6.69. The molecule has 0 amide bonds. The summed E-state index contributed by atoms with van der Waals surface area (Å²) in [5, 5.41) is 10.4. The van der Waals surface area contributed by atoms with E-state index in [0.29, 0.717) is 17.2 Å². The van der Waals surface area contributed by atoms with Crippen molar-refractivity contribution < 1.29 is 4.42 Å². The van der Waals surface area contributed by atoms with E-state index in [-0.39, 0.29) is 0 Å². The number of aromatic nitrogens is 3. The number of hydrogen-bond acceptors (Lipinski definition) is 4. The van der Waals surface area contributed by atoms with Gasteiger partial charge in [0, 0.05) is 38.4 Å². The maximum Gasteiger partial charge on any atom is 0.197 e. The number of fused-ring (bicyclic) bond motifs is 11. The molecule has 264 valence electrons. The molecule has 0 saturated carbocycles. The number of anilines is 3. The van der Waals surface area contributed by atoms with Crippen LogP contribution in [-0.2, 0) is 0 Å². The van der Waals surface area contributed by atoms with Crippen LogP contribution in [0.25, 0.3) is 105 Å². The lowest BCUT2D eigenvalue weighted by Gasteiger charge is -2.34. The second-order valence-corrected chi connectivity index (χ2v) is 14.9. The highest BCUT2D eigenvalue weighted by atomic mass is 16.3. The first-order valence-corrected chi connectivity index (χ1v) is 19.3. The largest absolute Gasteiger partial charge is 0.450 e. The Labute approximate surface area is 326 Å². The number of benzene rings is 9. The van der Waals surface area contributed by atoms with Crippen LogP contribution in [0.5, 0.6) is 0 Å². The van der Waals surface area contributed by atoms with Crippen molar-refractivity contribution in [2.24, 2.45) is 0 Å². The number of rotatable bonds is 3. The quantitative estimate of drug-likeness (QED) is 0.182. The molecule has 0 atom stereocenters. The zero-order valence-corrected chi connectivity index (χ0v) is 30.5. The van der Waals surface area contributed by atoms with E-state index >= 15 is 0 Å². The smallest absolute Gasteiger partial charge is 0.197 e. The van der Waals surface area contributed by atoms with Gasteiger partial charge in [-0.2, -0.15) is 0 Å². The molecule has 57 heavy (non-hydrogen) atoms. The van der Waals surface area contributed by atoms with Crippen molar-refractivity contribution in [2.75, 3.05) is 4.90 Å². The molecule has 0 N–H and O–H groups in total. The van der Waals surface area contributed by atoms with Gasteiger partial charge in [-0.05, 0) is 81.0 Å². The van der Waals surface area contributed by atoms with E-state index in [9.17, 15) is 0 Å². The number of hydrogen-bond donors (Lipinski definition) is 0. The summed E-state index contributed by atoms with van der Waals surface area (Å²) in [4.78, 5) is 13.4. The van der Waals surface area contributed by atoms with Crippen LogP contribution in [0.4, 0.5) is 17.1 Å². The van der Waals surface area contributed by atoms with Crippen LogP contribution in [0.1, 0.15) is 0 Å². The summed E-state index contributed by atoms with van der Waals surface area (Å²) >= 11 is 0. The van der Waals surface area contributed by atoms with Crippen molar-refractivity contribution in [3.8, 4) is 28.3 Å². The van der Waals surface area contributed by atoms with Gasteiger partial charge in [0.15, 0.2) is 17.2 Å². The molecule has 4 heterocycles. The number of furan rings is 1. The Kier molecular flexibility index (Phi) is 6.10. The molecule has 9 aromatic carbocycles. The number of para-hydroxylation sites is 3. The van der Waals surface area contributed by atoms with Crippen LogP contribution in [0.2, 0.25) is 0 Å². The molecule has 1 aliphatic rings. The fraction of sp³-hybridized carbons (Fsp3) is 0. The predicted molar refractivity (Wildman–Crippen MR) is 235 cm³/mol. The van der Waals surface area contributed by atoms with Gasteiger partial charge in [-0.15, -0.1) is 0 Å². The third-order valence-corrected chi connectivity index (χ3v) is 11.9. The fourth-order valence-corrected chi connectivity index (χ4v) is 9.46. The van der Waals surface area contributed by atoms with E-state index in [4.69, 9.17) is 14.4 Å². The molecule has 12 aromatic rings. The van der Waals surface area contributed by atoms with E-state index < -0.39 is 0 Å². The summed E-state index contributed by atoms with van der Waals surface area (Å²) in [6, 6.07) is 65.0. The second kappa shape index (κ2) is 11.4. The average Bonchev–Trinajstić information content (AvgIpc) is 3.82. The SMILES string of the molecule is c1ccc2c(-c3nc(-n4c5ccccc5c5ccccc54)c4oc5ccccc5c4n3)cc(N3c4ccc5ccccc5c4-c4cccc5cccc3c45)cc2c1. The van der Waals surface area contributed by atoms with Gasteiger partial charge in [-0.3, -0.25) is 4.57 Å². The summed E-state index contributed by atoms with van der Waals surface area (Å²) in [5.41, 5.74) is 11.1. The topological polar surface area (TPSA) is 47.1 Å². The Balaban J connectivity index is 1.14. The first-order valence-electron chi connectivity index (χ1n) is 19.3. The van der Waals surface area contributed by atoms with Crippen LogP contribution in [0.15, 0.2) is 186 Å². The average molecular weight is 727 g/mol. The van der Waals surface area contributed by atoms with Crippen molar-refractivity contribution in [1.29, 1.82) is 0 Å². The van der Waals surface area contributed by atoms with E-state index in [1.165, 1.54) is 32.7 Å². The van der Waals surface area contributed by atoms with Crippen LogP contribution in [0, 0.1) is 0 Å². The predicted octanol–water partition coefficient (Wildman–Crippen LogP) is 14.0. The molecular formula is C52H30N4O. The van der Waals surface area contributed by atoms with Gasteiger partial charge in [0.2, 0.25) is 0 Å². The fourth-order valence-electron chi connectivity index (χ4n) is 9.46. The Morgan fingerprint density at radius 2 is 1.09 bits per heavy atom. The van der Waals surface area contributed by atoms with Gasteiger partial charge in [-0.1, -0.05) is 133 Å². The molecule has 0 fully saturated rings. The molecule has 13 rings (SSSR count). The minimum Gasteiger partial charge on any atom is -0.450 e. The Morgan fingerprint density at radius 3 is 1.89 bits per heavy atom. The molecule has 0 bridgehead atoms. The van der Waals surface area contributed by atoms with Gasteiger partial charge in [0.25, 0.3) is 0 Å². The van der Waals surface area contributed by atoms with Gasteiger partial charge in [0.05, 0.1) is 22.4 Å². The molecule has 0 unspecified atom stereocenters. The lowest BCUT2D eigenvalue weighted by Crippen LogP contribution is -2.15. The van der Waals surface area contributed by atoms with E-state index in [0.717, 1.165) is 71.7 Å². The lowest BCUT2D eigenvalue weighted by molar-refractivity contribution is 0.662.